The molecule has 0 aliphatic heterocycles. The molecule has 146 valence electrons. The van der Waals surface area contributed by atoms with Crippen LogP contribution < -0.4 is 5.32 Å². The molecule has 0 unspecified atom stereocenters. The summed E-state index contributed by atoms with van der Waals surface area (Å²) in [5.41, 5.74) is 0.548. The number of hydrogen-bond donors (Lipinski definition) is 1. The van der Waals surface area contributed by atoms with Gasteiger partial charge in [0.05, 0.1) is 19.1 Å². The third-order valence-electron chi connectivity index (χ3n) is 2.72. The van der Waals surface area contributed by atoms with E-state index >= 15 is 0 Å². The van der Waals surface area contributed by atoms with Gasteiger partial charge in [0.2, 0.25) is 5.91 Å². The Hall–Kier alpha value is -0.310. The molecular weight excluding hydrogens is 378 g/mol. The number of carbonyl (C=O) groups excluding carboxylic acids is 2. The zero-order valence-electron chi connectivity index (χ0n) is 15.5. The van der Waals surface area contributed by atoms with Crippen LogP contribution in [0.1, 0.15) is 33.6 Å². The summed E-state index contributed by atoms with van der Waals surface area (Å²) in [5, 5.41) is 2.82. The van der Waals surface area contributed by atoms with Crippen molar-refractivity contribution in [3.63, 3.8) is 0 Å². The molecule has 0 aromatic heterocycles. The molecule has 0 aliphatic rings. The highest BCUT2D eigenvalue weighted by Gasteiger charge is 2.03. The normalized spacial score (nSPS) is 10.7. The fraction of sp³-hybridized carbons (Fsp3) is 0.765. The topological polar surface area (TPSA) is 64.6 Å². The van der Waals surface area contributed by atoms with Crippen LogP contribution in [0, 0.1) is 0 Å². The van der Waals surface area contributed by atoms with Crippen LogP contribution in [0.4, 0.5) is 0 Å². The molecule has 0 atom stereocenters. The van der Waals surface area contributed by atoms with Crippen LogP contribution in [0.15, 0.2) is 12.2 Å². The lowest BCUT2D eigenvalue weighted by molar-refractivity contribution is -0.145. The minimum absolute atomic E-state index is 0.0694. The third kappa shape index (κ3) is 18.3. The van der Waals surface area contributed by atoms with Crippen LogP contribution in [-0.4, -0.2) is 60.8 Å². The summed E-state index contributed by atoms with van der Waals surface area (Å²) in [6.45, 7) is 10.7. The van der Waals surface area contributed by atoms with E-state index in [4.69, 9.17) is 9.47 Å². The van der Waals surface area contributed by atoms with E-state index in [-0.39, 0.29) is 18.0 Å². The zero-order chi connectivity index (χ0) is 18.9. The average molecular weight is 410 g/mol. The first-order chi connectivity index (χ1) is 11.9. The number of esters is 1. The maximum Gasteiger partial charge on any atom is 0.306 e. The first-order valence-corrected chi connectivity index (χ1v) is 12.1. The quantitative estimate of drug-likeness (QED) is 0.181. The maximum atomic E-state index is 11.5. The molecular formula is C17H31NO4S3. The SMILES string of the molecule is C=C(C)C(=O)NCCCSSCCSCCC(=O)OCCOC(C)C. The molecule has 0 fully saturated rings. The maximum absolute atomic E-state index is 11.5. The fourth-order valence-corrected chi connectivity index (χ4v) is 4.89. The molecule has 0 rings (SSSR count). The van der Waals surface area contributed by atoms with Crippen molar-refractivity contribution < 1.29 is 19.1 Å². The van der Waals surface area contributed by atoms with Crippen LogP contribution >= 0.6 is 33.3 Å². The largest absolute Gasteiger partial charge is 0.463 e. The summed E-state index contributed by atoms with van der Waals surface area (Å²) in [7, 11) is 3.65. The minimum atomic E-state index is -0.154. The van der Waals surface area contributed by atoms with Gasteiger partial charge in [-0.25, -0.2) is 0 Å². The molecule has 0 aromatic carbocycles. The molecule has 25 heavy (non-hydrogen) atoms. The van der Waals surface area contributed by atoms with Crippen molar-refractivity contribution in [2.75, 3.05) is 42.8 Å². The van der Waals surface area contributed by atoms with Crippen LogP contribution in [0.25, 0.3) is 0 Å². The Balaban J connectivity index is 3.24. The third-order valence-corrected chi connectivity index (χ3v) is 6.46. The van der Waals surface area contributed by atoms with E-state index in [1.165, 1.54) is 0 Å². The van der Waals surface area contributed by atoms with E-state index in [2.05, 4.69) is 11.9 Å². The summed E-state index contributed by atoms with van der Waals surface area (Å²) in [4.78, 5) is 22.7. The highest BCUT2D eigenvalue weighted by Crippen LogP contribution is 2.23. The van der Waals surface area contributed by atoms with E-state index < -0.39 is 0 Å². The molecule has 0 bridgehead atoms. The Labute approximate surface area is 164 Å². The predicted molar refractivity (Wildman–Crippen MR) is 111 cm³/mol. The van der Waals surface area contributed by atoms with Crippen LogP contribution in [-0.2, 0) is 19.1 Å². The first-order valence-electron chi connectivity index (χ1n) is 8.46. The second kappa shape index (κ2) is 17.1. The Morgan fingerprint density at radius 2 is 1.80 bits per heavy atom. The molecule has 8 heteroatoms. The van der Waals surface area contributed by atoms with E-state index in [1.54, 1.807) is 18.7 Å². The molecule has 5 nitrogen and oxygen atoms in total. The van der Waals surface area contributed by atoms with Crippen molar-refractivity contribution >= 4 is 45.2 Å². The average Bonchev–Trinajstić information content (AvgIpc) is 2.56. The number of carbonyl (C=O) groups is 2. The second-order valence-electron chi connectivity index (χ2n) is 5.54. The summed E-state index contributed by atoms with van der Waals surface area (Å²) in [6.07, 6.45) is 1.57. The number of amides is 1. The van der Waals surface area contributed by atoms with Crippen LogP contribution in [0.2, 0.25) is 0 Å². The summed E-state index contributed by atoms with van der Waals surface area (Å²) >= 11 is 1.77. The Morgan fingerprint density at radius 3 is 2.48 bits per heavy atom. The monoisotopic (exact) mass is 409 g/mol. The van der Waals surface area contributed by atoms with Gasteiger partial charge in [0, 0.05) is 35.1 Å². The lowest BCUT2D eigenvalue weighted by atomic mass is 10.3. The molecule has 0 aromatic rings. The predicted octanol–water partition coefficient (Wildman–Crippen LogP) is 3.54. The second-order valence-corrected chi connectivity index (χ2v) is 9.46. The van der Waals surface area contributed by atoms with Crippen molar-refractivity contribution in [1.82, 2.24) is 5.32 Å². The van der Waals surface area contributed by atoms with Gasteiger partial charge < -0.3 is 14.8 Å². The number of nitrogens with one attached hydrogen (secondary N) is 1. The Bertz CT molecular complexity index is 392. The number of ether oxygens (including phenoxy) is 2. The van der Waals surface area contributed by atoms with E-state index in [0.717, 1.165) is 29.4 Å². The van der Waals surface area contributed by atoms with Crippen molar-refractivity contribution in [2.24, 2.45) is 0 Å². The minimum Gasteiger partial charge on any atom is -0.463 e. The standard InChI is InChI=1S/C17H31NO4S3/c1-14(2)17(20)18-7-5-10-24-25-13-12-23-11-6-16(19)22-9-8-21-15(3)4/h15H,1,5-13H2,2-4H3,(H,18,20). The summed E-state index contributed by atoms with van der Waals surface area (Å²) in [6, 6.07) is 0. The number of thioether (sulfide) groups is 1. The van der Waals surface area contributed by atoms with E-state index in [0.29, 0.717) is 31.8 Å². The van der Waals surface area contributed by atoms with Gasteiger partial charge in [0.15, 0.2) is 0 Å². The van der Waals surface area contributed by atoms with Gasteiger partial charge in [0.1, 0.15) is 6.61 Å². The van der Waals surface area contributed by atoms with Crippen LogP contribution in [0.5, 0.6) is 0 Å². The Morgan fingerprint density at radius 1 is 1.08 bits per heavy atom. The Kier molecular flexibility index (Phi) is 16.9. The van der Waals surface area contributed by atoms with Gasteiger partial charge in [-0.2, -0.15) is 11.8 Å². The lowest BCUT2D eigenvalue weighted by Gasteiger charge is -2.08. The van der Waals surface area contributed by atoms with Crippen LogP contribution in [0.3, 0.4) is 0 Å². The van der Waals surface area contributed by atoms with E-state index in [1.807, 2.05) is 35.4 Å². The van der Waals surface area contributed by atoms with Gasteiger partial charge in [-0.05, 0) is 27.2 Å². The number of hydrogen-bond acceptors (Lipinski definition) is 7. The molecule has 1 N–H and O–H groups in total. The molecule has 0 radical (unpaired) electrons. The van der Waals surface area contributed by atoms with Crippen molar-refractivity contribution in [1.29, 1.82) is 0 Å². The first kappa shape index (κ1) is 24.7. The van der Waals surface area contributed by atoms with Gasteiger partial charge in [-0.15, -0.1) is 0 Å². The highest BCUT2D eigenvalue weighted by molar-refractivity contribution is 8.76. The molecule has 0 heterocycles. The summed E-state index contributed by atoms with van der Waals surface area (Å²) in [5.74, 6) is 3.65. The molecule has 0 aliphatic carbocycles. The fourth-order valence-electron chi connectivity index (χ4n) is 1.46. The van der Waals surface area contributed by atoms with Gasteiger partial charge in [-0.3, -0.25) is 9.59 Å². The summed E-state index contributed by atoms with van der Waals surface area (Å²) < 4.78 is 10.4. The number of rotatable bonds is 16. The lowest BCUT2D eigenvalue weighted by Crippen LogP contribution is -2.24. The van der Waals surface area contributed by atoms with Gasteiger partial charge in [-0.1, -0.05) is 28.2 Å². The van der Waals surface area contributed by atoms with E-state index in [9.17, 15) is 9.59 Å². The molecule has 0 spiro atoms. The van der Waals surface area contributed by atoms with Crippen molar-refractivity contribution in [2.45, 2.75) is 39.7 Å². The smallest absolute Gasteiger partial charge is 0.306 e. The van der Waals surface area contributed by atoms with Gasteiger partial charge >= 0.3 is 5.97 Å². The molecule has 0 saturated heterocycles. The van der Waals surface area contributed by atoms with Crippen molar-refractivity contribution in [3.05, 3.63) is 12.2 Å². The zero-order valence-corrected chi connectivity index (χ0v) is 18.0. The van der Waals surface area contributed by atoms with Crippen molar-refractivity contribution in [3.8, 4) is 0 Å². The highest BCUT2D eigenvalue weighted by atomic mass is 33.1. The van der Waals surface area contributed by atoms with Gasteiger partial charge in [0.25, 0.3) is 0 Å². The molecule has 1 amide bonds. The molecule has 0 saturated carbocycles.